The number of aryl methyl sites for hydroxylation is 2. The Morgan fingerprint density at radius 2 is 1.62 bits per heavy atom. The molecule has 1 amide bonds. The van der Waals surface area contributed by atoms with Crippen LogP contribution >= 0.6 is 0 Å². The molecule has 2 rings (SSSR count). The van der Waals surface area contributed by atoms with Gasteiger partial charge in [-0.3, -0.25) is 4.79 Å². The van der Waals surface area contributed by atoms with Crippen LogP contribution in [0.25, 0.3) is 0 Å². The fraction of sp³-hybridized carbons (Fsp3) is 0.333. The monoisotopic (exact) mass is 418 g/mol. The van der Waals surface area contributed by atoms with Crippen LogP contribution in [-0.2, 0) is 19.6 Å². The molecular formula is C21H26N2O5S. The molecule has 156 valence electrons. The van der Waals surface area contributed by atoms with Crippen molar-refractivity contribution >= 4 is 27.6 Å². The first-order chi connectivity index (χ1) is 13.7. The van der Waals surface area contributed by atoms with E-state index >= 15 is 0 Å². The molecule has 7 nitrogen and oxygen atoms in total. The highest BCUT2D eigenvalue weighted by Crippen LogP contribution is 2.17. The van der Waals surface area contributed by atoms with Gasteiger partial charge in [0.2, 0.25) is 10.0 Å². The molecule has 0 aliphatic rings. The second-order valence-corrected chi connectivity index (χ2v) is 8.49. The van der Waals surface area contributed by atoms with Gasteiger partial charge in [0.1, 0.15) is 0 Å². The van der Waals surface area contributed by atoms with Gasteiger partial charge in [0.25, 0.3) is 5.91 Å². The van der Waals surface area contributed by atoms with E-state index in [9.17, 15) is 18.0 Å². The second kappa shape index (κ2) is 9.67. The summed E-state index contributed by atoms with van der Waals surface area (Å²) in [6, 6.07) is 11.1. The molecule has 0 unspecified atom stereocenters. The van der Waals surface area contributed by atoms with Crippen molar-refractivity contribution in [1.82, 2.24) is 4.31 Å². The number of hydrogen-bond donors (Lipinski definition) is 1. The summed E-state index contributed by atoms with van der Waals surface area (Å²) in [5, 5.41) is 2.70. The van der Waals surface area contributed by atoms with Gasteiger partial charge in [-0.15, -0.1) is 0 Å². The Morgan fingerprint density at radius 1 is 1.00 bits per heavy atom. The van der Waals surface area contributed by atoms with Gasteiger partial charge in [0, 0.05) is 18.8 Å². The Morgan fingerprint density at radius 3 is 2.17 bits per heavy atom. The Kier molecular flexibility index (Phi) is 7.53. The van der Waals surface area contributed by atoms with Crippen molar-refractivity contribution in [3.05, 3.63) is 59.2 Å². The number of ether oxygens (including phenoxy) is 1. The largest absolute Gasteiger partial charge is 0.452 e. The molecule has 2 aromatic carbocycles. The van der Waals surface area contributed by atoms with Crippen LogP contribution in [0.15, 0.2) is 47.4 Å². The maximum absolute atomic E-state index is 12.5. The molecule has 0 aliphatic heterocycles. The van der Waals surface area contributed by atoms with Crippen LogP contribution in [0.4, 0.5) is 5.69 Å². The number of carbonyl (C=O) groups is 2. The average Bonchev–Trinajstić information content (AvgIpc) is 2.69. The Balaban J connectivity index is 1.98. The summed E-state index contributed by atoms with van der Waals surface area (Å²) in [6.07, 6.45) is 0. The highest BCUT2D eigenvalue weighted by molar-refractivity contribution is 7.89. The number of rotatable bonds is 8. The molecule has 0 fully saturated rings. The van der Waals surface area contributed by atoms with Crippen LogP contribution in [0.2, 0.25) is 0 Å². The minimum Gasteiger partial charge on any atom is -0.452 e. The van der Waals surface area contributed by atoms with Crippen molar-refractivity contribution in [3.63, 3.8) is 0 Å². The summed E-state index contributed by atoms with van der Waals surface area (Å²) in [4.78, 5) is 24.3. The zero-order chi connectivity index (χ0) is 21.6. The summed E-state index contributed by atoms with van der Waals surface area (Å²) in [6.45, 7) is 7.63. The zero-order valence-electron chi connectivity index (χ0n) is 17.1. The van der Waals surface area contributed by atoms with E-state index < -0.39 is 28.5 Å². The number of hydrogen-bond acceptors (Lipinski definition) is 5. The second-order valence-electron chi connectivity index (χ2n) is 6.56. The van der Waals surface area contributed by atoms with Crippen molar-refractivity contribution in [2.75, 3.05) is 25.0 Å². The number of nitrogens with one attached hydrogen (secondary N) is 1. The maximum atomic E-state index is 12.5. The fourth-order valence-corrected chi connectivity index (χ4v) is 4.29. The molecule has 0 atom stereocenters. The third kappa shape index (κ3) is 5.65. The van der Waals surface area contributed by atoms with Gasteiger partial charge in [0.05, 0.1) is 10.5 Å². The Labute approximate surface area is 171 Å². The van der Waals surface area contributed by atoms with E-state index in [-0.39, 0.29) is 10.5 Å². The average molecular weight is 419 g/mol. The van der Waals surface area contributed by atoms with Crippen LogP contribution < -0.4 is 5.32 Å². The molecule has 8 heteroatoms. The van der Waals surface area contributed by atoms with E-state index in [2.05, 4.69) is 5.32 Å². The summed E-state index contributed by atoms with van der Waals surface area (Å²) in [7, 11) is -3.59. The SMILES string of the molecule is CCN(CC)S(=O)(=O)c1ccc(C(=O)OCC(=O)Nc2ccc(C)cc2C)cc1. The molecule has 0 aliphatic carbocycles. The summed E-state index contributed by atoms with van der Waals surface area (Å²) in [5.41, 5.74) is 2.82. The lowest BCUT2D eigenvalue weighted by Gasteiger charge is -2.18. The van der Waals surface area contributed by atoms with Crippen LogP contribution in [0, 0.1) is 13.8 Å². The number of carbonyl (C=O) groups excluding carboxylic acids is 2. The molecule has 2 aromatic rings. The van der Waals surface area contributed by atoms with Gasteiger partial charge >= 0.3 is 5.97 Å². The first-order valence-electron chi connectivity index (χ1n) is 9.33. The number of benzene rings is 2. The summed E-state index contributed by atoms with van der Waals surface area (Å²) < 4.78 is 31.3. The van der Waals surface area contributed by atoms with Crippen LogP contribution in [0.1, 0.15) is 35.3 Å². The van der Waals surface area contributed by atoms with Gasteiger partial charge < -0.3 is 10.1 Å². The lowest BCUT2D eigenvalue weighted by atomic mass is 10.1. The smallest absolute Gasteiger partial charge is 0.338 e. The molecule has 0 saturated heterocycles. The van der Waals surface area contributed by atoms with E-state index in [4.69, 9.17) is 4.74 Å². The summed E-state index contributed by atoms with van der Waals surface area (Å²) in [5.74, 6) is -1.15. The van der Waals surface area contributed by atoms with Crippen LogP contribution in [-0.4, -0.2) is 44.3 Å². The van der Waals surface area contributed by atoms with E-state index in [0.29, 0.717) is 18.8 Å². The molecule has 29 heavy (non-hydrogen) atoms. The van der Waals surface area contributed by atoms with E-state index in [1.165, 1.54) is 28.6 Å². The van der Waals surface area contributed by atoms with Gasteiger partial charge in [-0.25, -0.2) is 13.2 Å². The molecular weight excluding hydrogens is 392 g/mol. The maximum Gasteiger partial charge on any atom is 0.338 e. The fourth-order valence-electron chi connectivity index (χ4n) is 2.83. The molecule has 0 bridgehead atoms. The number of amides is 1. The first-order valence-corrected chi connectivity index (χ1v) is 10.8. The van der Waals surface area contributed by atoms with Crippen molar-refractivity contribution in [2.24, 2.45) is 0 Å². The highest BCUT2D eigenvalue weighted by atomic mass is 32.2. The number of anilines is 1. The first kappa shape index (κ1) is 22.6. The van der Waals surface area contributed by atoms with Crippen molar-refractivity contribution in [3.8, 4) is 0 Å². The number of nitrogens with zero attached hydrogens (tertiary/aromatic N) is 1. The lowest BCUT2D eigenvalue weighted by molar-refractivity contribution is -0.119. The third-order valence-corrected chi connectivity index (χ3v) is 6.49. The van der Waals surface area contributed by atoms with Gasteiger partial charge in [-0.05, 0) is 49.7 Å². The molecule has 1 N–H and O–H groups in total. The van der Waals surface area contributed by atoms with Crippen molar-refractivity contribution in [1.29, 1.82) is 0 Å². The number of esters is 1. The molecule has 0 aromatic heterocycles. The molecule has 0 radical (unpaired) electrons. The molecule has 0 heterocycles. The van der Waals surface area contributed by atoms with Crippen LogP contribution in [0.3, 0.4) is 0 Å². The number of sulfonamides is 1. The molecule has 0 spiro atoms. The van der Waals surface area contributed by atoms with Gasteiger partial charge in [0.15, 0.2) is 6.61 Å². The van der Waals surface area contributed by atoms with E-state index in [0.717, 1.165) is 11.1 Å². The normalized spacial score (nSPS) is 11.3. The summed E-state index contributed by atoms with van der Waals surface area (Å²) >= 11 is 0. The lowest BCUT2D eigenvalue weighted by Crippen LogP contribution is -2.30. The zero-order valence-corrected chi connectivity index (χ0v) is 17.9. The van der Waals surface area contributed by atoms with E-state index in [1.807, 2.05) is 26.0 Å². The van der Waals surface area contributed by atoms with Crippen LogP contribution in [0.5, 0.6) is 0 Å². The van der Waals surface area contributed by atoms with Gasteiger partial charge in [-0.2, -0.15) is 4.31 Å². The quantitative estimate of drug-likeness (QED) is 0.665. The predicted octanol–water partition coefficient (Wildman–Crippen LogP) is 3.13. The van der Waals surface area contributed by atoms with E-state index in [1.54, 1.807) is 19.9 Å². The highest BCUT2D eigenvalue weighted by Gasteiger charge is 2.22. The Hall–Kier alpha value is -2.71. The predicted molar refractivity (Wildman–Crippen MR) is 111 cm³/mol. The third-order valence-electron chi connectivity index (χ3n) is 4.42. The molecule has 0 saturated carbocycles. The minimum atomic E-state index is -3.59. The van der Waals surface area contributed by atoms with Crippen molar-refractivity contribution in [2.45, 2.75) is 32.6 Å². The standard InChI is InChI=1S/C21H26N2O5S/c1-5-23(6-2)29(26,27)18-10-8-17(9-11-18)21(25)28-14-20(24)22-19-12-7-15(3)13-16(19)4/h7-13H,5-6,14H2,1-4H3,(H,22,24). The topological polar surface area (TPSA) is 92.8 Å². The Bertz CT molecular complexity index is 981. The van der Waals surface area contributed by atoms with Crippen molar-refractivity contribution < 1.29 is 22.7 Å². The minimum absolute atomic E-state index is 0.102. The van der Waals surface area contributed by atoms with Gasteiger partial charge in [-0.1, -0.05) is 31.5 Å².